The second-order valence-corrected chi connectivity index (χ2v) is 5.19. The van der Waals surface area contributed by atoms with Gasteiger partial charge in [-0.15, -0.1) is 0 Å². The Hall–Kier alpha value is -1.32. The highest BCUT2D eigenvalue weighted by Gasteiger charge is 2.08. The molecule has 0 bridgehead atoms. The summed E-state index contributed by atoms with van der Waals surface area (Å²) in [5.74, 6) is 0. The number of rotatable bonds is 4. The molecule has 0 amide bonds. The van der Waals surface area contributed by atoms with Crippen LogP contribution < -0.4 is 4.90 Å². The minimum absolute atomic E-state index is 0.0573. The van der Waals surface area contributed by atoms with Crippen molar-refractivity contribution in [3.8, 4) is 0 Å². The fourth-order valence-electron chi connectivity index (χ4n) is 1.97. The summed E-state index contributed by atoms with van der Waals surface area (Å²) >= 11 is 3.47. The third-order valence-electron chi connectivity index (χ3n) is 2.89. The number of halogens is 1. The summed E-state index contributed by atoms with van der Waals surface area (Å²) in [4.78, 5) is 2.14. The van der Waals surface area contributed by atoms with Crippen LogP contribution in [0.25, 0.3) is 0 Å². The first kappa shape index (κ1) is 13.1. The van der Waals surface area contributed by atoms with Crippen molar-refractivity contribution in [2.45, 2.75) is 13.2 Å². The molecule has 3 heteroatoms. The van der Waals surface area contributed by atoms with E-state index in [1.54, 1.807) is 0 Å². The second kappa shape index (κ2) is 6.03. The first-order valence-electron chi connectivity index (χ1n) is 5.85. The van der Waals surface area contributed by atoms with Gasteiger partial charge in [0, 0.05) is 29.3 Å². The van der Waals surface area contributed by atoms with Gasteiger partial charge in [-0.25, -0.2) is 0 Å². The predicted molar refractivity (Wildman–Crippen MR) is 78.6 cm³/mol. The summed E-state index contributed by atoms with van der Waals surface area (Å²) < 4.78 is 1.02. The second-order valence-electron chi connectivity index (χ2n) is 4.27. The summed E-state index contributed by atoms with van der Waals surface area (Å²) in [6.07, 6.45) is 0. The Balaban J connectivity index is 2.23. The maximum absolute atomic E-state index is 9.38. The minimum Gasteiger partial charge on any atom is -0.392 e. The van der Waals surface area contributed by atoms with Gasteiger partial charge in [-0.05, 0) is 17.7 Å². The Morgan fingerprint density at radius 3 is 2.50 bits per heavy atom. The van der Waals surface area contributed by atoms with Crippen LogP contribution in [0.2, 0.25) is 0 Å². The summed E-state index contributed by atoms with van der Waals surface area (Å²) in [7, 11) is 2.04. The van der Waals surface area contributed by atoms with E-state index in [0.717, 1.165) is 22.3 Å². The summed E-state index contributed by atoms with van der Waals surface area (Å²) in [6.45, 7) is 0.881. The molecule has 0 radical (unpaired) electrons. The molecular weight excluding hydrogens is 290 g/mol. The van der Waals surface area contributed by atoms with Gasteiger partial charge < -0.3 is 10.0 Å². The molecule has 2 rings (SSSR count). The first-order chi connectivity index (χ1) is 8.70. The van der Waals surface area contributed by atoms with Crippen LogP contribution in [-0.2, 0) is 13.2 Å². The summed E-state index contributed by atoms with van der Waals surface area (Å²) in [5, 5.41) is 9.38. The monoisotopic (exact) mass is 305 g/mol. The van der Waals surface area contributed by atoms with E-state index >= 15 is 0 Å². The molecule has 0 aliphatic carbocycles. The molecule has 0 unspecified atom stereocenters. The molecule has 94 valence electrons. The Morgan fingerprint density at radius 1 is 1.11 bits per heavy atom. The van der Waals surface area contributed by atoms with Crippen molar-refractivity contribution in [1.29, 1.82) is 0 Å². The largest absolute Gasteiger partial charge is 0.392 e. The van der Waals surface area contributed by atoms with Crippen molar-refractivity contribution in [1.82, 2.24) is 0 Å². The van der Waals surface area contributed by atoms with Crippen molar-refractivity contribution in [2.24, 2.45) is 0 Å². The number of benzene rings is 2. The molecule has 2 aromatic carbocycles. The topological polar surface area (TPSA) is 23.5 Å². The summed E-state index contributed by atoms with van der Waals surface area (Å²) in [5.41, 5.74) is 3.25. The Morgan fingerprint density at radius 2 is 1.83 bits per heavy atom. The van der Waals surface area contributed by atoms with Gasteiger partial charge in [0.2, 0.25) is 0 Å². The van der Waals surface area contributed by atoms with E-state index in [2.05, 4.69) is 33.0 Å². The van der Waals surface area contributed by atoms with Gasteiger partial charge in [0.15, 0.2) is 0 Å². The number of aliphatic hydroxyl groups is 1. The molecule has 18 heavy (non-hydrogen) atoms. The van der Waals surface area contributed by atoms with Crippen LogP contribution >= 0.6 is 15.9 Å². The van der Waals surface area contributed by atoms with Crippen LogP contribution in [0.15, 0.2) is 53.0 Å². The zero-order valence-electron chi connectivity index (χ0n) is 10.3. The van der Waals surface area contributed by atoms with Crippen molar-refractivity contribution >= 4 is 21.6 Å². The van der Waals surface area contributed by atoms with Crippen LogP contribution in [0.4, 0.5) is 5.69 Å². The van der Waals surface area contributed by atoms with E-state index in [-0.39, 0.29) is 6.61 Å². The van der Waals surface area contributed by atoms with E-state index < -0.39 is 0 Å². The standard InChI is InChI=1S/C15H16BrNO/c1-17(10-12-5-3-2-4-6-12)15-9-14(16)8-7-13(15)11-18/h2-9,18H,10-11H2,1H3. The van der Waals surface area contributed by atoms with Gasteiger partial charge >= 0.3 is 0 Å². The van der Waals surface area contributed by atoms with Crippen molar-refractivity contribution in [2.75, 3.05) is 11.9 Å². The number of aliphatic hydroxyl groups excluding tert-OH is 1. The first-order valence-corrected chi connectivity index (χ1v) is 6.64. The average Bonchev–Trinajstić information content (AvgIpc) is 2.40. The molecule has 0 heterocycles. The molecule has 2 aromatic rings. The van der Waals surface area contributed by atoms with Crippen LogP contribution in [0.3, 0.4) is 0 Å². The van der Waals surface area contributed by atoms with Gasteiger partial charge in [-0.3, -0.25) is 0 Å². The lowest BCUT2D eigenvalue weighted by Crippen LogP contribution is -2.18. The Labute approximate surface area is 116 Å². The number of anilines is 1. The smallest absolute Gasteiger partial charge is 0.0702 e. The summed E-state index contributed by atoms with van der Waals surface area (Å²) in [6, 6.07) is 16.2. The van der Waals surface area contributed by atoms with Crippen molar-refractivity contribution < 1.29 is 5.11 Å². The van der Waals surface area contributed by atoms with E-state index in [1.807, 2.05) is 43.4 Å². The van der Waals surface area contributed by atoms with E-state index in [4.69, 9.17) is 0 Å². The van der Waals surface area contributed by atoms with E-state index in [9.17, 15) is 5.11 Å². The molecule has 0 atom stereocenters. The highest BCUT2D eigenvalue weighted by molar-refractivity contribution is 9.10. The average molecular weight is 306 g/mol. The van der Waals surface area contributed by atoms with Gasteiger partial charge in [0.1, 0.15) is 0 Å². The van der Waals surface area contributed by atoms with Crippen LogP contribution in [0.1, 0.15) is 11.1 Å². The molecule has 0 fully saturated rings. The zero-order valence-corrected chi connectivity index (χ0v) is 11.9. The maximum Gasteiger partial charge on any atom is 0.0702 e. The van der Waals surface area contributed by atoms with E-state index in [1.165, 1.54) is 5.56 Å². The molecular formula is C15H16BrNO. The molecule has 0 saturated heterocycles. The maximum atomic E-state index is 9.38. The van der Waals surface area contributed by atoms with Crippen LogP contribution in [0, 0.1) is 0 Å². The number of hydrogen-bond acceptors (Lipinski definition) is 2. The molecule has 2 nitrogen and oxygen atoms in total. The predicted octanol–water partition coefficient (Wildman–Crippen LogP) is 3.58. The molecule has 0 aliphatic heterocycles. The van der Waals surface area contributed by atoms with Gasteiger partial charge in [0.25, 0.3) is 0 Å². The quantitative estimate of drug-likeness (QED) is 0.933. The number of hydrogen-bond donors (Lipinski definition) is 1. The Kier molecular flexibility index (Phi) is 4.39. The van der Waals surface area contributed by atoms with E-state index in [0.29, 0.717) is 0 Å². The molecule has 0 saturated carbocycles. The molecule has 0 spiro atoms. The SMILES string of the molecule is CN(Cc1ccccc1)c1cc(Br)ccc1CO. The third-order valence-corrected chi connectivity index (χ3v) is 3.38. The normalized spacial score (nSPS) is 10.4. The molecule has 0 aromatic heterocycles. The third kappa shape index (κ3) is 3.12. The van der Waals surface area contributed by atoms with Gasteiger partial charge in [0.05, 0.1) is 6.61 Å². The van der Waals surface area contributed by atoms with Gasteiger partial charge in [-0.2, -0.15) is 0 Å². The fraction of sp³-hybridized carbons (Fsp3) is 0.200. The highest BCUT2D eigenvalue weighted by Crippen LogP contribution is 2.25. The molecule has 1 N–H and O–H groups in total. The highest BCUT2D eigenvalue weighted by atomic mass is 79.9. The van der Waals surface area contributed by atoms with Crippen LogP contribution in [0.5, 0.6) is 0 Å². The van der Waals surface area contributed by atoms with Crippen molar-refractivity contribution in [3.63, 3.8) is 0 Å². The Bertz CT molecular complexity index is 513. The van der Waals surface area contributed by atoms with Crippen molar-refractivity contribution in [3.05, 3.63) is 64.1 Å². The lowest BCUT2D eigenvalue weighted by Gasteiger charge is -2.22. The van der Waals surface area contributed by atoms with Gasteiger partial charge in [-0.1, -0.05) is 52.3 Å². The lowest BCUT2D eigenvalue weighted by molar-refractivity contribution is 0.282. The fourth-order valence-corrected chi connectivity index (χ4v) is 2.32. The minimum atomic E-state index is 0.0573. The number of nitrogens with zero attached hydrogens (tertiary/aromatic N) is 1. The zero-order chi connectivity index (χ0) is 13.0. The van der Waals surface area contributed by atoms with Crippen LogP contribution in [-0.4, -0.2) is 12.2 Å². The lowest BCUT2D eigenvalue weighted by atomic mass is 10.1. The molecule has 0 aliphatic rings.